The molecule has 0 fully saturated rings. The number of halogens is 2. The Balaban J connectivity index is 1.60. The largest absolute Gasteiger partial charge is 0.436 e. The number of amides is 1. The highest BCUT2D eigenvalue weighted by Gasteiger charge is 2.17. The first-order chi connectivity index (χ1) is 13.9. The highest BCUT2D eigenvalue weighted by atomic mass is 127. The lowest BCUT2D eigenvalue weighted by atomic mass is 10.2. The van der Waals surface area contributed by atoms with E-state index >= 15 is 0 Å². The zero-order chi connectivity index (χ0) is 20.5. The second kappa shape index (κ2) is 7.80. The maximum atomic E-state index is 12.5. The molecule has 1 amide bonds. The molecule has 4 rings (SSSR count). The van der Waals surface area contributed by atoms with Gasteiger partial charge in [-0.3, -0.25) is 14.9 Å². The van der Waals surface area contributed by atoms with Crippen LogP contribution in [0.1, 0.15) is 10.4 Å². The minimum atomic E-state index is -0.632. The van der Waals surface area contributed by atoms with E-state index in [0.29, 0.717) is 22.7 Å². The van der Waals surface area contributed by atoms with Gasteiger partial charge in [0.25, 0.3) is 11.6 Å². The Bertz CT molecular complexity index is 1250. The van der Waals surface area contributed by atoms with Crippen molar-refractivity contribution in [3.8, 4) is 11.5 Å². The van der Waals surface area contributed by atoms with E-state index in [0.717, 1.165) is 15.2 Å². The standard InChI is InChI=1S/C20H11ClIN3O4/c21-15-7-3-12(9-17(15)25(27)28)19(26)23-14-6-8-18-16(10-14)24-20(29-18)11-1-4-13(22)5-2-11/h1-10H,(H,23,26). The molecule has 0 bridgehead atoms. The van der Waals surface area contributed by atoms with Crippen LogP contribution in [0, 0.1) is 13.7 Å². The van der Waals surface area contributed by atoms with Crippen molar-refractivity contribution >= 4 is 62.6 Å². The van der Waals surface area contributed by atoms with Crippen LogP contribution in [0.4, 0.5) is 11.4 Å². The Morgan fingerprint density at radius 1 is 1.10 bits per heavy atom. The number of aromatic nitrogens is 1. The van der Waals surface area contributed by atoms with E-state index in [2.05, 4.69) is 32.9 Å². The lowest BCUT2D eigenvalue weighted by Crippen LogP contribution is -2.12. The number of carbonyl (C=O) groups excluding carboxylic acids is 1. The molecule has 0 saturated carbocycles. The minimum Gasteiger partial charge on any atom is -0.436 e. The molecule has 4 aromatic rings. The van der Waals surface area contributed by atoms with Crippen LogP contribution < -0.4 is 5.32 Å². The quantitative estimate of drug-likeness (QED) is 0.205. The molecule has 7 nitrogen and oxygen atoms in total. The van der Waals surface area contributed by atoms with Crippen LogP contribution in [0.25, 0.3) is 22.6 Å². The normalized spacial score (nSPS) is 10.8. The molecule has 1 heterocycles. The first-order valence-corrected chi connectivity index (χ1v) is 9.78. The first-order valence-electron chi connectivity index (χ1n) is 8.32. The van der Waals surface area contributed by atoms with Crippen molar-refractivity contribution in [2.75, 3.05) is 5.32 Å². The van der Waals surface area contributed by atoms with Crippen LogP contribution in [-0.2, 0) is 0 Å². The van der Waals surface area contributed by atoms with Gasteiger partial charge in [-0.2, -0.15) is 0 Å². The van der Waals surface area contributed by atoms with Crippen LogP contribution in [0.15, 0.2) is 65.1 Å². The van der Waals surface area contributed by atoms with Gasteiger partial charge in [-0.25, -0.2) is 4.98 Å². The summed E-state index contributed by atoms with van der Waals surface area (Å²) in [5.41, 5.74) is 2.30. The van der Waals surface area contributed by atoms with Gasteiger partial charge in [-0.05, 0) is 77.2 Å². The van der Waals surface area contributed by atoms with Crippen LogP contribution in [0.3, 0.4) is 0 Å². The molecule has 9 heteroatoms. The zero-order valence-electron chi connectivity index (χ0n) is 14.6. The summed E-state index contributed by atoms with van der Waals surface area (Å²) in [5, 5.41) is 13.7. The predicted molar refractivity (Wildman–Crippen MR) is 118 cm³/mol. The highest BCUT2D eigenvalue weighted by molar-refractivity contribution is 14.1. The zero-order valence-corrected chi connectivity index (χ0v) is 17.5. The molecule has 0 spiro atoms. The van der Waals surface area contributed by atoms with Gasteiger partial charge >= 0.3 is 0 Å². The molecule has 0 aliphatic heterocycles. The van der Waals surface area contributed by atoms with Gasteiger partial charge in [0, 0.05) is 26.5 Å². The average Bonchev–Trinajstić information content (AvgIpc) is 3.12. The molecular weight excluding hydrogens is 509 g/mol. The number of nitro benzene ring substituents is 1. The third-order valence-corrected chi connectivity index (χ3v) is 5.18. The second-order valence-electron chi connectivity index (χ2n) is 6.09. The Morgan fingerprint density at radius 3 is 2.59 bits per heavy atom. The van der Waals surface area contributed by atoms with Gasteiger partial charge in [0.15, 0.2) is 5.58 Å². The van der Waals surface area contributed by atoms with Crippen molar-refractivity contribution < 1.29 is 14.1 Å². The Hall–Kier alpha value is -2.98. The van der Waals surface area contributed by atoms with Crippen molar-refractivity contribution in [1.29, 1.82) is 0 Å². The Kier molecular flexibility index (Phi) is 5.20. The van der Waals surface area contributed by atoms with E-state index in [4.69, 9.17) is 16.0 Å². The summed E-state index contributed by atoms with van der Waals surface area (Å²) in [4.78, 5) is 27.3. The number of anilines is 1. The summed E-state index contributed by atoms with van der Waals surface area (Å²) in [6.45, 7) is 0. The van der Waals surface area contributed by atoms with Crippen LogP contribution in [0.5, 0.6) is 0 Å². The number of oxazole rings is 1. The smallest absolute Gasteiger partial charge is 0.288 e. The number of benzene rings is 3. The van der Waals surface area contributed by atoms with Gasteiger partial charge in [-0.15, -0.1) is 0 Å². The summed E-state index contributed by atoms with van der Waals surface area (Å²) in [7, 11) is 0. The van der Waals surface area contributed by atoms with Crippen LogP contribution in [-0.4, -0.2) is 15.8 Å². The van der Waals surface area contributed by atoms with Gasteiger partial charge in [-0.1, -0.05) is 11.6 Å². The Morgan fingerprint density at radius 2 is 1.86 bits per heavy atom. The van der Waals surface area contributed by atoms with Crippen molar-refractivity contribution in [1.82, 2.24) is 4.98 Å². The number of hydrogen-bond donors (Lipinski definition) is 1. The maximum absolute atomic E-state index is 12.5. The highest BCUT2D eigenvalue weighted by Crippen LogP contribution is 2.28. The third-order valence-electron chi connectivity index (χ3n) is 4.14. The lowest BCUT2D eigenvalue weighted by Gasteiger charge is -2.05. The van der Waals surface area contributed by atoms with Gasteiger partial charge in [0.1, 0.15) is 10.5 Å². The van der Waals surface area contributed by atoms with Gasteiger partial charge in [0.05, 0.1) is 4.92 Å². The predicted octanol–water partition coefficient (Wildman–Crippen LogP) is 5.91. The SMILES string of the molecule is O=C(Nc1ccc2oc(-c3ccc(I)cc3)nc2c1)c1ccc(Cl)c([N+](=O)[O-])c1. The molecule has 1 aromatic heterocycles. The fraction of sp³-hybridized carbons (Fsp3) is 0. The Labute approximate surface area is 183 Å². The molecule has 0 atom stereocenters. The summed E-state index contributed by atoms with van der Waals surface area (Å²) in [5.74, 6) is -0.0151. The van der Waals surface area contributed by atoms with E-state index in [1.165, 1.54) is 12.1 Å². The molecule has 29 heavy (non-hydrogen) atoms. The van der Waals surface area contributed by atoms with Gasteiger partial charge < -0.3 is 9.73 Å². The molecule has 0 unspecified atom stereocenters. The van der Waals surface area contributed by atoms with Crippen molar-refractivity contribution in [3.63, 3.8) is 0 Å². The summed E-state index contributed by atoms with van der Waals surface area (Å²) < 4.78 is 6.88. The number of rotatable bonds is 4. The summed E-state index contributed by atoms with van der Waals surface area (Å²) in [6.07, 6.45) is 0. The fourth-order valence-electron chi connectivity index (χ4n) is 2.72. The number of nitrogens with one attached hydrogen (secondary N) is 1. The second-order valence-corrected chi connectivity index (χ2v) is 7.74. The number of nitro groups is 1. The minimum absolute atomic E-state index is 0.0290. The number of nitrogens with zero attached hydrogens (tertiary/aromatic N) is 2. The molecule has 0 saturated heterocycles. The number of carbonyl (C=O) groups is 1. The monoisotopic (exact) mass is 519 g/mol. The van der Waals surface area contributed by atoms with Crippen molar-refractivity contribution in [2.24, 2.45) is 0 Å². The fourth-order valence-corrected chi connectivity index (χ4v) is 3.26. The molecule has 0 aliphatic rings. The molecule has 0 radical (unpaired) electrons. The average molecular weight is 520 g/mol. The summed E-state index contributed by atoms with van der Waals surface area (Å²) in [6, 6.07) is 16.7. The molecule has 144 valence electrons. The van der Waals surface area contributed by atoms with E-state index in [-0.39, 0.29) is 16.3 Å². The molecule has 1 N–H and O–H groups in total. The molecule has 3 aromatic carbocycles. The van der Waals surface area contributed by atoms with E-state index in [9.17, 15) is 14.9 Å². The van der Waals surface area contributed by atoms with Crippen molar-refractivity contribution in [3.05, 3.63) is 84.9 Å². The van der Waals surface area contributed by atoms with Crippen LogP contribution in [0.2, 0.25) is 5.02 Å². The van der Waals surface area contributed by atoms with Crippen molar-refractivity contribution in [2.45, 2.75) is 0 Å². The van der Waals surface area contributed by atoms with E-state index in [1.54, 1.807) is 18.2 Å². The molecule has 0 aliphatic carbocycles. The third kappa shape index (κ3) is 4.08. The molecular formula is C20H11ClIN3O4. The number of hydrogen-bond acceptors (Lipinski definition) is 5. The first kappa shape index (κ1) is 19.3. The lowest BCUT2D eigenvalue weighted by molar-refractivity contribution is -0.384. The van der Waals surface area contributed by atoms with Crippen LogP contribution >= 0.6 is 34.2 Å². The maximum Gasteiger partial charge on any atom is 0.288 e. The van der Waals surface area contributed by atoms with Gasteiger partial charge in [0.2, 0.25) is 5.89 Å². The topological polar surface area (TPSA) is 98.3 Å². The summed E-state index contributed by atoms with van der Waals surface area (Å²) >= 11 is 8.01. The van der Waals surface area contributed by atoms with E-state index in [1.807, 2.05) is 24.3 Å². The van der Waals surface area contributed by atoms with E-state index < -0.39 is 10.8 Å². The number of fused-ring (bicyclic) bond motifs is 1.